The smallest absolute Gasteiger partial charge is 0.152 e. The van der Waals surface area contributed by atoms with Crippen molar-refractivity contribution in [3.05, 3.63) is 0 Å². The number of thioether (sulfide) groups is 2. The predicted octanol–water partition coefficient (Wildman–Crippen LogP) is 1.80. The van der Waals surface area contributed by atoms with Crippen molar-refractivity contribution < 1.29 is 0 Å². The van der Waals surface area contributed by atoms with Crippen molar-refractivity contribution in [3.63, 3.8) is 0 Å². The lowest BCUT2D eigenvalue weighted by atomic mass is 10.7. The van der Waals surface area contributed by atoms with Crippen LogP contribution in [0, 0.1) is 10.7 Å². The van der Waals surface area contributed by atoms with Gasteiger partial charge in [-0.1, -0.05) is 19.1 Å². The molecule has 1 atom stereocenters. The van der Waals surface area contributed by atoms with Gasteiger partial charge in [-0.3, -0.25) is 0 Å². The number of thiocyanates is 1. The molecule has 74 valence electrons. The fourth-order valence-electron chi connectivity index (χ4n) is 0.771. The molecule has 0 heterocycles. The van der Waals surface area contributed by atoms with Gasteiger partial charge in [-0.15, -0.1) is 11.8 Å². The van der Waals surface area contributed by atoms with Crippen molar-refractivity contribution in [1.29, 1.82) is 5.26 Å². The van der Waals surface area contributed by atoms with Crippen LogP contribution in [-0.4, -0.2) is 27.0 Å². The molecule has 0 aromatic heterocycles. The molecule has 0 aromatic rings. The van der Waals surface area contributed by atoms with E-state index in [0.29, 0.717) is 4.32 Å². The van der Waals surface area contributed by atoms with Gasteiger partial charge in [0, 0.05) is 18.3 Å². The first-order valence-electron chi connectivity index (χ1n) is 3.91. The van der Waals surface area contributed by atoms with Gasteiger partial charge in [0.15, 0.2) is 4.32 Å². The standard InChI is InChI=1S/C7H13N3S3/c1-3-10(6(9)12-4-2)7(11)13-5-8/h6H,3-4,9H2,1-2H3. The summed E-state index contributed by atoms with van der Waals surface area (Å²) in [5.41, 5.74) is 5.71. The molecule has 0 fully saturated rings. The van der Waals surface area contributed by atoms with Gasteiger partial charge in [0.25, 0.3) is 0 Å². The third kappa shape index (κ3) is 4.72. The number of thiocarbonyl (C=S) groups is 1. The van der Waals surface area contributed by atoms with E-state index in [2.05, 4.69) is 0 Å². The zero-order valence-corrected chi connectivity index (χ0v) is 10.1. The highest BCUT2D eigenvalue weighted by Crippen LogP contribution is 2.15. The van der Waals surface area contributed by atoms with Crippen LogP contribution in [0.1, 0.15) is 13.8 Å². The average molecular weight is 235 g/mol. The van der Waals surface area contributed by atoms with Gasteiger partial charge in [0.2, 0.25) is 0 Å². The molecule has 0 amide bonds. The molecule has 3 nitrogen and oxygen atoms in total. The summed E-state index contributed by atoms with van der Waals surface area (Å²) < 4.78 is 0.554. The van der Waals surface area contributed by atoms with Crippen molar-refractivity contribution in [2.75, 3.05) is 12.3 Å². The van der Waals surface area contributed by atoms with Crippen LogP contribution in [0.15, 0.2) is 0 Å². The molecule has 6 heteroatoms. The Morgan fingerprint density at radius 1 is 1.69 bits per heavy atom. The molecule has 0 saturated heterocycles. The van der Waals surface area contributed by atoms with Crippen LogP contribution in [0.2, 0.25) is 0 Å². The second-order valence-corrected chi connectivity index (χ2v) is 4.90. The van der Waals surface area contributed by atoms with Gasteiger partial charge in [-0.25, -0.2) is 0 Å². The van der Waals surface area contributed by atoms with E-state index in [1.54, 1.807) is 11.8 Å². The Labute approximate surface area is 93.0 Å². The van der Waals surface area contributed by atoms with Crippen LogP contribution in [0.5, 0.6) is 0 Å². The first-order valence-corrected chi connectivity index (χ1v) is 6.18. The summed E-state index contributed by atoms with van der Waals surface area (Å²) in [4.78, 5) is 1.84. The minimum atomic E-state index is -0.136. The highest BCUT2D eigenvalue weighted by Gasteiger charge is 2.15. The van der Waals surface area contributed by atoms with E-state index in [0.717, 1.165) is 24.1 Å². The average Bonchev–Trinajstić information content (AvgIpc) is 2.06. The maximum atomic E-state index is 8.44. The van der Waals surface area contributed by atoms with Crippen molar-refractivity contribution in [3.8, 4) is 5.40 Å². The van der Waals surface area contributed by atoms with E-state index >= 15 is 0 Å². The molecular formula is C7H13N3S3. The van der Waals surface area contributed by atoms with Gasteiger partial charge < -0.3 is 10.6 Å². The van der Waals surface area contributed by atoms with Gasteiger partial charge in [0.05, 0.1) is 0 Å². The van der Waals surface area contributed by atoms with Crippen molar-refractivity contribution in [2.24, 2.45) is 5.73 Å². The van der Waals surface area contributed by atoms with E-state index in [-0.39, 0.29) is 5.50 Å². The molecule has 2 N–H and O–H groups in total. The van der Waals surface area contributed by atoms with Crippen molar-refractivity contribution in [1.82, 2.24) is 4.90 Å². The lowest BCUT2D eigenvalue weighted by molar-refractivity contribution is 0.438. The molecule has 0 radical (unpaired) electrons. The number of nitrogens with zero attached hydrogens (tertiary/aromatic N) is 2. The second-order valence-electron chi connectivity index (χ2n) is 2.09. The monoisotopic (exact) mass is 235 g/mol. The van der Waals surface area contributed by atoms with Gasteiger partial charge in [0.1, 0.15) is 10.9 Å². The summed E-state index contributed by atoms with van der Waals surface area (Å²) in [5, 5.41) is 10.4. The largest absolute Gasteiger partial charge is 0.333 e. The van der Waals surface area contributed by atoms with Gasteiger partial charge in [-0.2, -0.15) is 5.26 Å². The van der Waals surface area contributed by atoms with E-state index < -0.39 is 0 Å². The highest BCUT2D eigenvalue weighted by atomic mass is 32.2. The van der Waals surface area contributed by atoms with Gasteiger partial charge in [-0.05, 0) is 12.7 Å². The minimum Gasteiger partial charge on any atom is -0.333 e. The number of nitriles is 1. The molecule has 0 aromatic carbocycles. The Kier molecular flexibility index (Phi) is 7.47. The number of rotatable bonds is 4. The van der Waals surface area contributed by atoms with Gasteiger partial charge >= 0.3 is 0 Å². The van der Waals surface area contributed by atoms with Crippen LogP contribution >= 0.6 is 35.7 Å². The number of hydrogen-bond donors (Lipinski definition) is 1. The Hall–Kier alpha value is 0.0400. The molecule has 0 bridgehead atoms. The second kappa shape index (κ2) is 7.44. The first kappa shape index (κ1) is 13.0. The fraction of sp³-hybridized carbons (Fsp3) is 0.714. The highest BCUT2D eigenvalue weighted by molar-refractivity contribution is 8.25. The van der Waals surface area contributed by atoms with Crippen molar-refractivity contribution >= 4 is 40.1 Å². The van der Waals surface area contributed by atoms with E-state index in [9.17, 15) is 0 Å². The lowest BCUT2D eigenvalue weighted by Gasteiger charge is -2.27. The van der Waals surface area contributed by atoms with E-state index in [1.165, 1.54) is 0 Å². The van der Waals surface area contributed by atoms with E-state index in [1.807, 2.05) is 24.1 Å². The maximum Gasteiger partial charge on any atom is 0.152 e. The summed E-state index contributed by atoms with van der Waals surface area (Å²) in [5.74, 6) is 0.942. The SMILES string of the molecule is CCSC(N)N(CC)C(=S)SC#N. The molecule has 0 saturated carbocycles. The quantitative estimate of drug-likeness (QED) is 0.455. The first-order chi connectivity index (χ1) is 6.17. The third-order valence-corrected chi connectivity index (χ3v) is 3.27. The molecule has 13 heavy (non-hydrogen) atoms. The topological polar surface area (TPSA) is 53.0 Å². The molecule has 1 unspecified atom stereocenters. The zero-order valence-electron chi connectivity index (χ0n) is 7.69. The Morgan fingerprint density at radius 3 is 2.69 bits per heavy atom. The molecule has 0 aliphatic heterocycles. The summed E-state index contributed by atoms with van der Waals surface area (Å²) in [6.07, 6.45) is 0. The predicted molar refractivity (Wildman–Crippen MR) is 64.3 cm³/mol. The number of hydrogen-bond acceptors (Lipinski definition) is 5. The fourth-order valence-corrected chi connectivity index (χ4v) is 2.47. The Bertz CT molecular complexity index is 202. The van der Waals surface area contributed by atoms with Crippen LogP contribution in [0.25, 0.3) is 0 Å². The van der Waals surface area contributed by atoms with Crippen LogP contribution in [-0.2, 0) is 0 Å². The van der Waals surface area contributed by atoms with Crippen molar-refractivity contribution in [2.45, 2.75) is 19.3 Å². The Balaban J connectivity index is 4.16. The summed E-state index contributed by atoms with van der Waals surface area (Å²) >= 11 is 7.64. The molecule has 0 spiro atoms. The van der Waals surface area contributed by atoms with Crippen LogP contribution in [0.3, 0.4) is 0 Å². The third-order valence-electron chi connectivity index (χ3n) is 1.35. The Morgan fingerprint density at radius 2 is 2.31 bits per heavy atom. The molecule has 0 aliphatic carbocycles. The van der Waals surface area contributed by atoms with Crippen LogP contribution < -0.4 is 5.73 Å². The molecule has 0 aliphatic rings. The van der Waals surface area contributed by atoms with Crippen LogP contribution in [0.4, 0.5) is 0 Å². The summed E-state index contributed by atoms with van der Waals surface area (Å²) in [7, 11) is 0. The minimum absolute atomic E-state index is 0.136. The summed E-state index contributed by atoms with van der Waals surface area (Å²) in [6.45, 7) is 4.75. The molecular weight excluding hydrogens is 222 g/mol. The normalized spacial score (nSPS) is 11.8. The zero-order chi connectivity index (χ0) is 10.3. The number of nitrogens with two attached hydrogens (primary N) is 1. The lowest BCUT2D eigenvalue weighted by Crippen LogP contribution is -2.41. The van der Waals surface area contributed by atoms with E-state index in [4.69, 9.17) is 23.2 Å². The maximum absolute atomic E-state index is 8.44. The molecule has 0 rings (SSSR count). The summed E-state index contributed by atoms with van der Waals surface area (Å²) in [6, 6.07) is 0.